The highest BCUT2D eigenvalue weighted by atomic mass is 32.2. The minimum atomic E-state index is -0.724. The van der Waals surface area contributed by atoms with E-state index in [9.17, 15) is 20.1 Å². The maximum Gasteiger partial charge on any atom is 0.274 e. The van der Waals surface area contributed by atoms with Gasteiger partial charge in [-0.1, -0.05) is 17.8 Å². The lowest BCUT2D eigenvalue weighted by atomic mass is 10.1. The number of thioether (sulfide) groups is 1. The van der Waals surface area contributed by atoms with Crippen LogP contribution in [0.3, 0.4) is 0 Å². The molecule has 0 bridgehead atoms. The predicted octanol–water partition coefficient (Wildman–Crippen LogP) is 1.62. The second-order valence-corrected chi connectivity index (χ2v) is 5.11. The van der Waals surface area contributed by atoms with Crippen molar-refractivity contribution < 1.29 is 14.4 Å². The number of aromatic nitrogens is 1. The Bertz CT molecular complexity index is 706. The molecule has 0 fully saturated rings. The van der Waals surface area contributed by atoms with E-state index in [0.717, 1.165) is 6.07 Å². The van der Waals surface area contributed by atoms with Gasteiger partial charge in [-0.2, -0.15) is 4.73 Å². The quantitative estimate of drug-likeness (QED) is 0.296. The van der Waals surface area contributed by atoms with Crippen molar-refractivity contribution in [1.82, 2.24) is 0 Å². The second-order valence-electron chi connectivity index (χ2n) is 4.12. The Morgan fingerprint density at radius 2 is 2.10 bits per heavy atom. The van der Waals surface area contributed by atoms with Crippen molar-refractivity contribution in [2.45, 2.75) is 10.8 Å². The van der Waals surface area contributed by atoms with Crippen LogP contribution in [-0.4, -0.2) is 10.8 Å². The molecule has 2 aromatic rings. The number of nitrogens with zero attached hydrogens (tertiary/aromatic N) is 2. The SMILES string of the molecule is NC(=O)c1ccc(CSc2cccc[n+]2[O-])c([N+](=O)[O-])c1. The second kappa shape index (κ2) is 6.23. The lowest BCUT2D eigenvalue weighted by Gasteiger charge is -2.05. The maximum absolute atomic E-state index is 11.5. The molecular formula is C13H11N3O4S. The number of hydrogen-bond donors (Lipinski definition) is 1. The Balaban J connectivity index is 2.26. The largest absolute Gasteiger partial charge is 0.618 e. The van der Waals surface area contributed by atoms with Gasteiger partial charge in [0.2, 0.25) is 5.91 Å². The molecule has 2 N–H and O–H groups in total. The van der Waals surface area contributed by atoms with Crippen LogP contribution in [-0.2, 0) is 5.75 Å². The average molecular weight is 305 g/mol. The summed E-state index contributed by atoms with van der Waals surface area (Å²) < 4.78 is 0.689. The fourth-order valence-electron chi connectivity index (χ4n) is 1.69. The molecule has 0 saturated heterocycles. The number of primary amides is 1. The van der Waals surface area contributed by atoms with Crippen LogP contribution in [0.15, 0.2) is 47.6 Å². The van der Waals surface area contributed by atoms with Gasteiger partial charge in [-0.25, -0.2) is 0 Å². The van der Waals surface area contributed by atoms with Gasteiger partial charge < -0.3 is 10.9 Å². The molecule has 0 unspecified atom stereocenters. The van der Waals surface area contributed by atoms with Crippen molar-refractivity contribution in [3.8, 4) is 0 Å². The number of nitro groups is 1. The molecule has 0 aliphatic carbocycles. The van der Waals surface area contributed by atoms with Crippen LogP contribution in [0.25, 0.3) is 0 Å². The van der Waals surface area contributed by atoms with Crippen LogP contribution in [0.5, 0.6) is 0 Å². The van der Waals surface area contributed by atoms with Gasteiger partial charge in [0.05, 0.1) is 4.92 Å². The Labute approximate surface area is 124 Å². The van der Waals surface area contributed by atoms with Crippen molar-refractivity contribution >= 4 is 23.4 Å². The fraction of sp³-hybridized carbons (Fsp3) is 0.0769. The van der Waals surface area contributed by atoms with Crippen molar-refractivity contribution in [1.29, 1.82) is 0 Å². The molecule has 1 amide bonds. The van der Waals surface area contributed by atoms with E-state index < -0.39 is 10.8 Å². The highest BCUT2D eigenvalue weighted by Gasteiger charge is 2.17. The molecule has 0 aliphatic rings. The summed E-state index contributed by atoms with van der Waals surface area (Å²) in [5.41, 5.74) is 5.41. The summed E-state index contributed by atoms with van der Waals surface area (Å²) in [6.45, 7) is 0. The van der Waals surface area contributed by atoms with Gasteiger partial charge in [0.15, 0.2) is 6.20 Å². The molecule has 0 aliphatic heterocycles. The molecule has 0 spiro atoms. The lowest BCUT2D eigenvalue weighted by Crippen LogP contribution is -2.27. The van der Waals surface area contributed by atoms with Crippen LogP contribution in [0.1, 0.15) is 15.9 Å². The van der Waals surface area contributed by atoms with E-state index in [2.05, 4.69) is 0 Å². The molecule has 7 nitrogen and oxygen atoms in total. The van der Waals surface area contributed by atoms with Crippen molar-refractivity contribution in [3.63, 3.8) is 0 Å². The van der Waals surface area contributed by atoms with Crippen LogP contribution < -0.4 is 10.5 Å². The molecule has 8 heteroatoms. The minimum Gasteiger partial charge on any atom is -0.618 e. The summed E-state index contributed by atoms with van der Waals surface area (Å²) in [4.78, 5) is 21.5. The van der Waals surface area contributed by atoms with E-state index in [1.165, 1.54) is 30.1 Å². The highest BCUT2D eigenvalue weighted by Crippen LogP contribution is 2.27. The van der Waals surface area contributed by atoms with Crippen molar-refractivity contribution in [2.24, 2.45) is 5.73 Å². The molecule has 21 heavy (non-hydrogen) atoms. The van der Waals surface area contributed by atoms with E-state index in [0.29, 0.717) is 15.3 Å². The van der Waals surface area contributed by atoms with Crippen LogP contribution in [0.4, 0.5) is 5.69 Å². The number of nitro benzene ring substituents is 1. The van der Waals surface area contributed by atoms with E-state index in [1.54, 1.807) is 18.2 Å². The molecule has 0 radical (unpaired) electrons. The average Bonchev–Trinajstić information content (AvgIpc) is 2.46. The number of rotatable bonds is 5. The fourth-order valence-corrected chi connectivity index (χ4v) is 2.60. The van der Waals surface area contributed by atoms with Gasteiger partial charge >= 0.3 is 0 Å². The summed E-state index contributed by atoms with van der Waals surface area (Å²) in [6.07, 6.45) is 1.35. The maximum atomic E-state index is 11.5. The van der Waals surface area contributed by atoms with Crippen LogP contribution >= 0.6 is 11.8 Å². The van der Waals surface area contributed by atoms with Gasteiger partial charge in [0, 0.05) is 35.1 Å². The van der Waals surface area contributed by atoms with Crippen molar-refractivity contribution in [2.75, 3.05) is 0 Å². The third kappa shape index (κ3) is 3.48. The van der Waals surface area contributed by atoms with Gasteiger partial charge in [0.25, 0.3) is 10.7 Å². The first-order valence-corrected chi connectivity index (χ1v) is 6.85. The van der Waals surface area contributed by atoms with E-state index in [-0.39, 0.29) is 17.0 Å². The predicted molar refractivity (Wildman–Crippen MR) is 76.6 cm³/mol. The number of pyridine rings is 1. The van der Waals surface area contributed by atoms with Crippen LogP contribution in [0, 0.1) is 15.3 Å². The number of carbonyl (C=O) groups is 1. The number of benzene rings is 1. The monoisotopic (exact) mass is 305 g/mol. The topological polar surface area (TPSA) is 113 Å². The highest BCUT2D eigenvalue weighted by molar-refractivity contribution is 7.98. The molecule has 1 aromatic carbocycles. The van der Waals surface area contributed by atoms with E-state index >= 15 is 0 Å². The first kappa shape index (κ1) is 14.8. The summed E-state index contributed by atoms with van der Waals surface area (Å²) in [5, 5.41) is 23.0. The summed E-state index contributed by atoms with van der Waals surface area (Å²) in [6, 6.07) is 8.99. The standard InChI is InChI=1S/C13H11N3O4S/c14-13(17)9-4-5-10(11(7-9)16(19)20)8-21-12-3-1-2-6-15(12)18/h1-7H,8H2,(H2,14,17). The third-order valence-corrected chi connectivity index (χ3v) is 3.80. The molecular weight excluding hydrogens is 294 g/mol. The number of carbonyl (C=O) groups excluding carboxylic acids is 1. The molecule has 1 aromatic heterocycles. The zero-order valence-electron chi connectivity index (χ0n) is 10.8. The third-order valence-electron chi connectivity index (χ3n) is 2.73. The zero-order chi connectivity index (χ0) is 15.4. The molecule has 0 atom stereocenters. The van der Waals surface area contributed by atoms with E-state index in [4.69, 9.17) is 5.73 Å². The lowest BCUT2D eigenvalue weighted by molar-refractivity contribution is -0.645. The zero-order valence-corrected chi connectivity index (χ0v) is 11.6. The normalized spacial score (nSPS) is 10.3. The van der Waals surface area contributed by atoms with Gasteiger partial charge in [-0.3, -0.25) is 14.9 Å². The molecule has 1 heterocycles. The Kier molecular flexibility index (Phi) is 4.39. The number of nitrogens with two attached hydrogens (primary N) is 1. The number of amides is 1. The van der Waals surface area contributed by atoms with Crippen molar-refractivity contribution in [3.05, 3.63) is 69.0 Å². The van der Waals surface area contributed by atoms with E-state index in [1.807, 2.05) is 0 Å². The Morgan fingerprint density at radius 1 is 1.33 bits per heavy atom. The summed E-state index contributed by atoms with van der Waals surface area (Å²) in [7, 11) is 0. The minimum absolute atomic E-state index is 0.0778. The smallest absolute Gasteiger partial charge is 0.274 e. The Hall–Kier alpha value is -2.61. The first-order chi connectivity index (χ1) is 9.99. The Morgan fingerprint density at radius 3 is 2.71 bits per heavy atom. The molecule has 0 saturated carbocycles. The van der Waals surface area contributed by atoms with Gasteiger partial charge in [-0.15, -0.1) is 0 Å². The van der Waals surface area contributed by atoms with Gasteiger partial charge in [-0.05, 0) is 12.1 Å². The first-order valence-electron chi connectivity index (χ1n) is 5.87. The summed E-state index contributed by atoms with van der Waals surface area (Å²) in [5.74, 6) is -0.487. The van der Waals surface area contributed by atoms with Crippen LogP contribution in [0.2, 0.25) is 0 Å². The van der Waals surface area contributed by atoms with Gasteiger partial charge in [0.1, 0.15) is 0 Å². The molecule has 108 valence electrons. The molecule has 2 rings (SSSR count). The number of hydrogen-bond acceptors (Lipinski definition) is 5. The summed E-state index contributed by atoms with van der Waals surface area (Å²) >= 11 is 1.18.